The Morgan fingerprint density at radius 2 is 1.95 bits per heavy atom. The molecular formula is C14H19BrFNO2S. The molecule has 3 nitrogen and oxygen atoms in total. The zero-order chi connectivity index (χ0) is 14.8. The third-order valence-corrected chi connectivity index (χ3v) is 5.83. The molecule has 112 valence electrons. The number of benzene rings is 1. The van der Waals surface area contributed by atoms with E-state index >= 15 is 0 Å². The smallest absolute Gasteiger partial charge is 0.211 e. The molecule has 1 aliphatic rings. The third kappa shape index (κ3) is 4.02. The second kappa shape index (κ2) is 6.54. The summed E-state index contributed by atoms with van der Waals surface area (Å²) in [6, 6.07) is 3.97. The summed E-state index contributed by atoms with van der Waals surface area (Å²) in [5.74, 6) is 0.357. The Bertz CT molecular complexity index is 569. The van der Waals surface area contributed by atoms with Crippen LogP contribution in [-0.2, 0) is 10.0 Å². The molecule has 0 amide bonds. The number of hydrogen-bond acceptors (Lipinski definition) is 2. The van der Waals surface area contributed by atoms with E-state index in [4.69, 9.17) is 0 Å². The van der Waals surface area contributed by atoms with Gasteiger partial charge in [0.25, 0.3) is 0 Å². The van der Waals surface area contributed by atoms with Crippen molar-refractivity contribution in [1.82, 2.24) is 4.72 Å². The SMILES string of the molecule is CC1CCC(CNS(=O)(=O)c2ccc(Br)cc2F)CC1. The van der Waals surface area contributed by atoms with E-state index in [-0.39, 0.29) is 4.90 Å². The Morgan fingerprint density at radius 3 is 2.55 bits per heavy atom. The first-order valence-electron chi connectivity index (χ1n) is 6.83. The van der Waals surface area contributed by atoms with Gasteiger partial charge in [0.15, 0.2) is 0 Å². The van der Waals surface area contributed by atoms with Crippen molar-refractivity contribution in [2.45, 2.75) is 37.5 Å². The van der Waals surface area contributed by atoms with Gasteiger partial charge in [0.1, 0.15) is 10.7 Å². The Hall–Kier alpha value is -0.460. The number of halogens is 2. The van der Waals surface area contributed by atoms with Crippen LogP contribution >= 0.6 is 15.9 Å². The second-order valence-electron chi connectivity index (χ2n) is 5.55. The van der Waals surface area contributed by atoms with Crippen LogP contribution in [0.1, 0.15) is 32.6 Å². The number of hydrogen-bond donors (Lipinski definition) is 1. The quantitative estimate of drug-likeness (QED) is 0.886. The van der Waals surface area contributed by atoms with E-state index in [9.17, 15) is 12.8 Å². The van der Waals surface area contributed by atoms with Crippen molar-refractivity contribution in [1.29, 1.82) is 0 Å². The van der Waals surface area contributed by atoms with Crippen LogP contribution in [0.25, 0.3) is 0 Å². The minimum Gasteiger partial charge on any atom is -0.211 e. The molecular weight excluding hydrogens is 345 g/mol. The molecule has 0 saturated heterocycles. The minimum atomic E-state index is -3.77. The lowest BCUT2D eigenvalue weighted by Crippen LogP contribution is -2.31. The first-order valence-corrected chi connectivity index (χ1v) is 9.11. The van der Waals surface area contributed by atoms with Gasteiger partial charge in [-0.2, -0.15) is 0 Å². The minimum absolute atomic E-state index is 0.287. The Kier molecular flexibility index (Phi) is 5.20. The normalized spacial score (nSPS) is 23.8. The first-order chi connectivity index (χ1) is 9.38. The highest BCUT2D eigenvalue weighted by Gasteiger charge is 2.23. The van der Waals surface area contributed by atoms with Gasteiger partial charge in [-0.25, -0.2) is 17.5 Å². The second-order valence-corrected chi connectivity index (χ2v) is 8.20. The lowest BCUT2D eigenvalue weighted by atomic mass is 9.83. The highest BCUT2D eigenvalue weighted by atomic mass is 79.9. The maximum Gasteiger partial charge on any atom is 0.243 e. The summed E-state index contributed by atoms with van der Waals surface area (Å²) in [5.41, 5.74) is 0. The molecule has 1 aliphatic carbocycles. The largest absolute Gasteiger partial charge is 0.243 e. The molecule has 0 bridgehead atoms. The van der Waals surface area contributed by atoms with Crippen molar-refractivity contribution >= 4 is 26.0 Å². The Balaban J connectivity index is 2.00. The van der Waals surface area contributed by atoms with E-state index < -0.39 is 15.8 Å². The Morgan fingerprint density at radius 1 is 1.30 bits per heavy atom. The highest BCUT2D eigenvalue weighted by molar-refractivity contribution is 9.10. The summed E-state index contributed by atoms with van der Waals surface area (Å²) in [4.78, 5) is -0.287. The van der Waals surface area contributed by atoms with Gasteiger partial charge in [0, 0.05) is 11.0 Å². The van der Waals surface area contributed by atoms with Crippen LogP contribution in [0.5, 0.6) is 0 Å². The van der Waals surface area contributed by atoms with Crippen LogP contribution in [-0.4, -0.2) is 15.0 Å². The fourth-order valence-corrected chi connectivity index (χ4v) is 4.04. The van der Waals surface area contributed by atoms with Crippen LogP contribution in [0, 0.1) is 17.7 Å². The summed E-state index contributed by atoms with van der Waals surface area (Å²) in [6.45, 7) is 2.61. The van der Waals surface area contributed by atoms with Crippen molar-refractivity contribution in [2.24, 2.45) is 11.8 Å². The van der Waals surface area contributed by atoms with Crippen LogP contribution in [0.15, 0.2) is 27.6 Å². The van der Waals surface area contributed by atoms with Gasteiger partial charge in [-0.3, -0.25) is 0 Å². The molecule has 0 unspecified atom stereocenters. The summed E-state index contributed by atoms with van der Waals surface area (Å²) < 4.78 is 41.0. The fourth-order valence-electron chi connectivity index (χ4n) is 2.53. The number of sulfonamides is 1. The molecule has 1 saturated carbocycles. The van der Waals surface area contributed by atoms with Gasteiger partial charge in [0.2, 0.25) is 10.0 Å². The van der Waals surface area contributed by atoms with Crippen LogP contribution in [0.4, 0.5) is 4.39 Å². The average Bonchev–Trinajstić information content (AvgIpc) is 2.37. The average molecular weight is 364 g/mol. The van der Waals surface area contributed by atoms with E-state index in [1.165, 1.54) is 12.1 Å². The molecule has 0 heterocycles. The van der Waals surface area contributed by atoms with Gasteiger partial charge >= 0.3 is 0 Å². The maximum absolute atomic E-state index is 13.7. The van der Waals surface area contributed by atoms with Gasteiger partial charge in [0.05, 0.1) is 0 Å². The summed E-state index contributed by atoms with van der Waals surface area (Å²) in [5, 5.41) is 0. The fraction of sp³-hybridized carbons (Fsp3) is 0.571. The molecule has 0 radical (unpaired) electrons. The van der Waals surface area contributed by atoms with Crippen LogP contribution < -0.4 is 4.72 Å². The summed E-state index contributed by atoms with van der Waals surface area (Å²) in [7, 11) is -3.77. The van der Waals surface area contributed by atoms with Gasteiger partial charge in [-0.1, -0.05) is 35.7 Å². The standard InChI is InChI=1S/C14H19BrFNO2S/c1-10-2-4-11(5-3-10)9-17-20(18,19)14-7-6-12(15)8-13(14)16/h6-8,10-11,17H,2-5,9H2,1H3. The van der Waals surface area contributed by atoms with E-state index in [2.05, 4.69) is 27.6 Å². The molecule has 0 aliphatic heterocycles. The zero-order valence-corrected chi connectivity index (χ0v) is 13.8. The monoisotopic (exact) mass is 363 g/mol. The van der Waals surface area contributed by atoms with Crippen molar-refractivity contribution < 1.29 is 12.8 Å². The molecule has 0 aromatic heterocycles. The molecule has 1 aromatic rings. The van der Waals surface area contributed by atoms with E-state index in [0.29, 0.717) is 16.9 Å². The van der Waals surface area contributed by atoms with Gasteiger partial charge in [-0.15, -0.1) is 0 Å². The van der Waals surface area contributed by atoms with Crippen molar-refractivity contribution in [2.75, 3.05) is 6.54 Å². The first kappa shape index (κ1) is 15.9. The molecule has 0 spiro atoms. The van der Waals surface area contributed by atoms with E-state index in [0.717, 1.165) is 37.7 Å². The molecule has 0 atom stereocenters. The lowest BCUT2D eigenvalue weighted by molar-refractivity contribution is 0.290. The summed E-state index contributed by atoms with van der Waals surface area (Å²) in [6.07, 6.45) is 4.34. The number of nitrogens with one attached hydrogen (secondary N) is 1. The van der Waals surface area contributed by atoms with E-state index in [1.807, 2.05) is 0 Å². The van der Waals surface area contributed by atoms with Gasteiger partial charge in [-0.05, 0) is 42.9 Å². The van der Waals surface area contributed by atoms with Crippen molar-refractivity contribution in [3.05, 3.63) is 28.5 Å². The third-order valence-electron chi connectivity index (χ3n) is 3.88. The van der Waals surface area contributed by atoms with Gasteiger partial charge < -0.3 is 0 Å². The molecule has 1 N–H and O–H groups in total. The van der Waals surface area contributed by atoms with Crippen LogP contribution in [0.3, 0.4) is 0 Å². The topological polar surface area (TPSA) is 46.2 Å². The predicted octanol–water partition coefficient (Wildman–Crippen LogP) is 3.69. The molecule has 20 heavy (non-hydrogen) atoms. The highest BCUT2D eigenvalue weighted by Crippen LogP contribution is 2.28. The molecule has 1 fully saturated rings. The zero-order valence-electron chi connectivity index (χ0n) is 11.4. The van der Waals surface area contributed by atoms with E-state index in [1.54, 1.807) is 0 Å². The Labute approximate surface area is 128 Å². The maximum atomic E-state index is 13.7. The molecule has 2 rings (SSSR count). The molecule has 6 heteroatoms. The lowest BCUT2D eigenvalue weighted by Gasteiger charge is -2.26. The number of rotatable bonds is 4. The van der Waals surface area contributed by atoms with Crippen LogP contribution in [0.2, 0.25) is 0 Å². The summed E-state index contributed by atoms with van der Waals surface area (Å²) >= 11 is 3.11. The van der Waals surface area contributed by atoms with Crippen molar-refractivity contribution in [3.8, 4) is 0 Å². The molecule has 1 aromatic carbocycles. The van der Waals surface area contributed by atoms with Crippen molar-refractivity contribution in [3.63, 3.8) is 0 Å². The predicted molar refractivity (Wildman–Crippen MR) is 80.4 cm³/mol.